The van der Waals surface area contributed by atoms with E-state index in [0.29, 0.717) is 17.3 Å². The van der Waals surface area contributed by atoms with E-state index in [4.69, 9.17) is 19.2 Å². The van der Waals surface area contributed by atoms with E-state index in [1.165, 1.54) is 5.56 Å². The minimum absolute atomic E-state index is 0.0782. The summed E-state index contributed by atoms with van der Waals surface area (Å²) >= 11 is 0. The Kier molecular flexibility index (Phi) is 10.3. The van der Waals surface area contributed by atoms with E-state index >= 15 is 0 Å². The summed E-state index contributed by atoms with van der Waals surface area (Å²) in [5, 5.41) is 3.34. The molecule has 1 aromatic carbocycles. The minimum atomic E-state index is -4.64. The highest BCUT2D eigenvalue weighted by Gasteiger charge is 2.24. The molecule has 3 rings (SSSR count). The third kappa shape index (κ3) is 9.89. The van der Waals surface area contributed by atoms with Gasteiger partial charge in [-0.15, -0.1) is 0 Å². The van der Waals surface area contributed by atoms with Crippen LogP contribution in [0.3, 0.4) is 0 Å². The van der Waals surface area contributed by atoms with E-state index < -0.39 is 7.82 Å². The minimum Gasteiger partial charge on any atom is -0.369 e. The maximum atomic E-state index is 13.0. The van der Waals surface area contributed by atoms with Crippen LogP contribution in [0.1, 0.15) is 36.2 Å². The highest BCUT2D eigenvalue weighted by Crippen LogP contribution is 2.25. The predicted octanol–water partition coefficient (Wildman–Crippen LogP) is 2.57. The molecular weight excluding hydrogens is 431 g/mol. The number of piperazine rings is 1. The number of rotatable bonds is 7. The smallest absolute Gasteiger partial charge is 0.369 e. The Hall–Kier alpha value is -2.29. The monoisotopic (exact) mass is 464 g/mol. The zero-order chi connectivity index (χ0) is 23.6. The van der Waals surface area contributed by atoms with Gasteiger partial charge in [0, 0.05) is 45.5 Å². The quantitative estimate of drug-likeness (QED) is 0.461. The Morgan fingerprint density at radius 2 is 1.69 bits per heavy atom. The molecule has 0 saturated carbocycles. The molecular formula is C22H33N4O5P. The number of phosphoric acid groups is 1. The number of nitrogens with zero attached hydrogens (tertiary/aromatic N) is 3. The van der Waals surface area contributed by atoms with Crippen LogP contribution < -0.4 is 5.32 Å². The molecule has 32 heavy (non-hydrogen) atoms. The molecule has 1 amide bonds. The number of benzene rings is 1. The molecule has 9 nitrogen and oxygen atoms in total. The van der Waals surface area contributed by atoms with Gasteiger partial charge >= 0.3 is 7.82 Å². The van der Waals surface area contributed by atoms with Gasteiger partial charge in [-0.2, -0.15) is 0 Å². The van der Waals surface area contributed by atoms with Crippen molar-refractivity contribution in [3.05, 3.63) is 59.8 Å². The fourth-order valence-electron chi connectivity index (χ4n) is 3.32. The highest BCUT2D eigenvalue weighted by molar-refractivity contribution is 7.45. The maximum absolute atomic E-state index is 13.0. The van der Waals surface area contributed by atoms with Crippen molar-refractivity contribution < 1.29 is 24.0 Å². The van der Waals surface area contributed by atoms with E-state index in [0.717, 1.165) is 45.7 Å². The van der Waals surface area contributed by atoms with Crippen LogP contribution in [0.4, 0.5) is 5.82 Å². The van der Waals surface area contributed by atoms with Gasteiger partial charge in [0.15, 0.2) is 0 Å². The van der Waals surface area contributed by atoms with Gasteiger partial charge in [0.1, 0.15) is 5.82 Å². The Labute approximate surface area is 189 Å². The molecule has 0 spiro atoms. The van der Waals surface area contributed by atoms with Gasteiger partial charge in [-0.05, 0) is 30.0 Å². The largest absolute Gasteiger partial charge is 0.466 e. The molecule has 4 N–H and O–H groups in total. The number of hydrogen-bond donors (Lipinski definition) is 4. The van der Waals surface area contributed by atoms with Gasteiger partial charge < -0.3 is 24.9 Å². The third-order valence-corrected chi connectivity index (χ3v) is 4.96. The lowest BCUT2D eigenvalue weighted by Crippen LogP contribution is -2.48. The van der Waals surface area contributed by atoms with Crippen molar-refractivity contribution in [3.63, 3.8) is 0 Å². The summed E-state index contributed by atoms with van der Waals surface area (Å²) in [6, 6.07) is 14.2. The summed E-state index contributed by atoms with van der Waals surface area (Å²) in [7, 11) is -4.64. The van der Waals surface area contributed by atoms with Crippen LogP contribution in [0.5, 0.6) is 0 Å². The number of aromatic nitrogens is 1. The van der Waals surface area contributed by atoms with Crippen LogP contribution >= 0.6 is 7.82 Å². The molecule has 10 heteroatoms. The Morgan fingerprint density at radius 3 is 2.28 bits per heavy atom. The van der Waals surface area contributed by atoms with Crippen molar-refractivity contribution in [3.8, 4) is 0 Å². The average molecular weight is 465 g/mol. The molecule has 1 aromatic heterocycles. The molecule has 1 aliphatic rings. The Balaban J connectivity index is 0.000000654. The molecule has 1 fully saturated rings. The first-order chi connectivity index (χ1) is 15.1. The SMILES string of the molecule is CC(C)CCNc1ncccc1C(=O)N1CCN(Cc2ccccc2)CC1.O=P(O)(O)O. The summed E-state index contributed by atoms with van der Waals surface area (Å²) < 4.78 is 8.88. The Bertz CT molecular complexity index is 875. The van der Waals surface area contributed by atoms with Gasteiger partial charge in [-0.3, -0.25) is 9.69 Å². The number of carbonyl (C=O) groups is 1. The molecule has 0 atom stereocenters. The van der Waals surface area contributed by atoms with E-state index in [2.05, 4.69) is 53.3 Å². The summed E-state index contributed by atoms with van der Waals surface area (Å²) in [4.78, 5) is 43.3. The summed E-state index contributed by atoms with van der Waals surface area (Å²) in [5.74, 6) is 1.41. The zero-order valence-corrected chi connectivity index (χ0v) is 19.5. The van der Waals surface area contributed by atoms with Crippen molar-refractivity contribution in [2.45, 2.75) is 26.8 Å². The van der Waals surface area contributed by atoms with E-state index in [-0.39, 0.29) is 5.91 Å². The number of hydrogen-bond acceptors (Lipinski definition) is 5. The number of amides is 1. The molecule has 0 aliphatic carbocycles. The van der Waals surface area contributed by atoms with Crippen LogP contribution in [-0.4, -0.2) is 68.1 Å². The molecule has 0 unspecified atom stereocenters. The molecule has 2 heterocycles. The number of carbonyl (C=O) groups excluding carboxylic acids is 1. The van der Waals surface area contributed by atoms with Gasteiger partial charge in [0.2, 0.25) is 0 Å². The van der Waals surface area contributed by atoms with Gasteiger partial charge in [0.25, 0.3) is 5.91 Å². The lowest BCUT2D eigenvalue weighted by atomic mass is 10.1. The lowest BCUT2D eigenvalue weighted by molar-refractivity contribution is 0.0629. The standard InChI is InChI=1S/C22H30N4O.H3O4P/c1-18(2)10-12-24-21-20(9-6-11-23-21)22(27)26-15-13-25(14-16-26)17-19-7-4-3-5-8-19;1-5(2,3)4/h3-9,11,18H,10,12-17H2,1-2H3,(H,23,24);(H3,1,2,3,4). The predicted molar refractivity (Wildman–Crippen MR) is 124 cm³/mol. The molecule has 176 valence electrons. The van der Waals surface area contributed by atoms with Crippen LogP contribution in [0.2, 0.25) is 0 Å². The first-order valence-electron chi connectivity index (χ1n) is 10.7. The van der Waals surface area contributed by atoms with E-state index in [9.17, 15) is 4.79 Å². The lowest BCUT2D eigenvalue weighted by Gasteiger charge is -2.35. The summed E-state index contributed by atoms with van der Waals surface area (Å²) in [6.45, 7) is 9.48. The van der Waals surface area contributed by atoms with Gasteiger partial charge in [-0.1, -0.05) is 44.2 Å². The van der Waals surface area contributed by atoms with Crippen LogP contribution in [0.25, 0.3) is 0 Å². The topological polar surface area (TPSA) is 126 Å². The number of nitrogens with one attached hydrogen (secondary N) is 1. The van der Waals surface area contributed by atoms with Crippen LogP contribution in [0.15, 0.2) is 48.7 Å². The van der Waals surface area contributed by atoms with Gasteiger partial charge in [-0.25, -0.2) is 9.55 Å². The second-order valence-electron chi connectivity index (χ2n) is 8.08. The number of anilines is 1. The third-order valence-electron chi connectivity index (χ3n) is 4.96. The summed E-state index contributed by atoms with van der Waals surface area (Å²) in [5.41, 5.74) is 2.00. The zero-order valence-electron chi connectivity index (χ0n) is 18.6. The molecule has 1 aliphatic heterocycles. The first-order valence-corrected chi connectivity index (χ1v) is 12.2. The first kappa shape index (κ1) is 26.0. The molecule has 0 radical (unpaired) electrons. The van der Waals surface area contributed by atoms with Crippen molar-refractivity contribution >= 4 is 19.5 Å². The van der Waals surface area contributed by atoms with Crippen LogP contribution in [-0.2, 0) is 11.1 Å². The summed E-state index contributed by atoms with van der Waals surface area (Å²) in [6.07, 6.45) is 2.80. The second-order valence-corrected chi connectivity index (χ2v) is 9.10. The van der Waals surface area contributed by atoms with Crippen LogP contribution in [0, 0.1) is 5.92 Å². The fourth-order valence-corrected chi connectivity index (χ4v) is 3.32. The number of pyridine rings is 1. The molecule has 0 bridgehead atoms. The van der Waals surface area contributed by atoms with Crippen molar-refractivity contribution in [1.82, 2.24) is 14.8 Å². The van der Waals surface area contributed by atoms with E-state index in [1.54, 1.807) is 6.20 Å². The molecule has 1 saturated heterocycles. The Morgan fingerprint density at radius 1 is 1.06 bits per heavy atom. The van der Waals surface area contributed by atoms with Crippen molar-refractivity contribution in [2.75, 3.05) is 38.0 Å². The maximum Gasteiger partial charge on any atom is 0.466 e. The van der Waals surface area contributed by atoms with Gasteiger partial charge in [0.05, 0.1) is 5.56 Å². The molecule has 2 aromatic rings. The highest BCUT2D eigenvalue weighted by atomic mass is 31.2. The van der Waals surface area contributed by atoms with Crippen molar-refractivity contribution in [2.24, 2.45) is 5.92 Å². The normalized spacial score (nSPS) is 14.6. The second kappa shape index (κ2) is 12.7. The van der Waals surface area contributed by atoms with E-state index in [1.807, 2.05) is 23.1 Å². The average Bonchev–Trinajstić information content (AvgIpc) is 2.73. The fraction of sp³-hybridized carbons (Fsp3) is 0.455. The van der Waals surface area contributed by atoms with Crippen molar-refractivity contribution in [1.29, 1.82) is 0 Å².